The topological polar surface area (TPSA) is 71.6 Å². The monoisotopic (exact) mass is 295 g/mol. The molecule has 0 spiro atoms. The molecule has 0 aliphatic heterocycles. The molecule has 114 valence electrons. The van der Waals surface area contributed by atoms with Crippen molar-refractivity contribution in [1.82, 2.24) is 15.0 Å². The summed E-state index contributed by atoms with van der Waals surface area (Å²) in [7, 11) is 3.38. The first-order valence-electron chi connectivity index (χ1n) is 6.52. The second-order valence-corrected chi connectivity index (χ2v) is 4.83. The Bertz CT molecular complexity index is 559. The number of nitrogens with zero attached hydrogens (tertiary/aromatic N) is 3. The van der Waals surface area contributed by atoms with E-state index in [0.29, 0.717) is 30.4 Å². The van der Waals surface area contributed by atoms with Crippen LogP contribution in [0.3, 0.4) is 0 Å². The van der Waals surface area contributed by atoms with Crippen molar-refractivity contribution >= 4 is 0 Å². The Balaban J connectivity index is 1.95. The van der Waals surface area contributed by atoms with Crippen LogP contribution in [0.2, 0.25) is 0 Å². The van der Waals surface area contributed by atoms with Crippen molar-refractivity contribution in [2.75, 3.05) is 27.3 Å². The van der Waals surface area contributed by atoms with Gasteiger partial charge in [0.1, 0.15) is 5.82 Å². The zero-order valence-corrected chi connectivity index (χ0v) is 12.0. The third-order valence-electron chi connectivity index (χ3n) is 2.85. The number of aliphatic hydroxyl groups excluding tert-OH is 1. The fourth-order valence-electron chi connectivity index (χ4n) is 1.94. The predicted molar refractivity (Wildman–Crippen MR) is 73.9 cm³/mol. The Kier molecular flexibility index (Phi) is 5.38. The number of rotatable bonds is 7. The van der Waals surface area contributed by atoms with Gasteiger partial charge in [-0.1, -0.05) is 5.16 Å². The van der Waals surface area contributed by atoms with Gasteiger partial charge in [0.15, 0.2) is 5.82 Å². The molecular formula is C14H18FN3O3. The van der Waals surface area contributed by atoms with Crippen LogP contribution in [-0.4, -0.2) is 53.6 Å². The lowest BCUT2D eigenvalue weighted by atomic mass is 10.2. The molecule has 0 fully saturated rings. The lowest BCUT2D eigenvalue weighted by Crippen LogP contribution is -2.31. The smallest absolute Gasteiger partial charge is 0.257 e. The van der Waals surface area contributed by atoms with E-state index in [1.807, 2.05) is 11.9 Å². The summed E-state index contributed by atoms with van der Waals surface area (Å²) in [5.74, 6) is 0.530. The molecule has 1 atom stereocenters. The van der Waals surface area contributed by atoms with E-state index in [2.05, 4.69) is 10.1 Å². The van der Waals surface area contributed by atoms with Crippen LogP contribution in [0, 0.1) is 5.82 Å². The maximum absolute atomic E-state index is 12.9. The van der Waals surface area contributed by atoms with Gasteiger partial charge in [-0.2, -0.15) is 4.98 Å². The number of hydrogen-bond donors (Lipinski definition) is 1. The van der Waals surface area contributed by atoms with Gasteiger partial charge >= 0.3 is 0 Å². The van der Waals surface area contributed by atoms with Crippen molar-refractivity contribution in [2.24, 2.45) is 0 Å². The molecule has 0 bridgehead atoms. The summed E-state index contributed by atoms with van der Waals surface area (Å²) in [5.41, 5.74) is 0.664. The second kappa shape index (κ2) is 7.26. The highest BCUT2D eigenvalue weighted by molar-refractivity contribution is 5.52. The van der Waals surface area contributed by atoms with Crippen LogP contribution in [0.15, 0.2) is 28.8 Å². The number of ether oxygens (including phenoxy) is 1. The number of aromatic nitrogens is 2. The van der Waals surface area contributed by atoms with Crippen molar-refractivity contribution in [3.05, 3.63) is 35.9 Å². The molecule has 0 saturated heterocycles. The van der Waals surface area contributed by atoms with Gasteiger partial charge in [0.05, 0.1) is 19.3 Å². The molecular weight excluding hydrogens is 277 g/mol. The standard InChI is InChI=1S/C14H18FN3O3/c1-18(7-12(19)9-20-2)8-13-16-14(21-17-13)10-3-5-11(15)6-4-10/h3-6,12,19H,7-9H2,1-2H3. The molecule has 0 amide bonds. The molecule has 1 unspecified atom stereocenters. The normalized spacial score (nSPS) is 12.8. The van der Waals surface area contributed by atoms with Crippen LogP contribution >= 0.6 is 0 Å². The van der Waals surface area contributed by atoms with Gasteiger partial charge < -0.3 is 14.4 Å². The Morgan fingerprint density at radius 1 is 1.38 bits per heavy atom. The van der Waals surface area contributed by atoms with Crippen molar-refractivity contribution in [3.63, 3.8) is 0 Å². The molecule has 0 aliphatic rings. The second-order valence-electron chi connectivity index (χ2n) is 4.83. The molecule has 2 rings (SSSR count). The lowest BCUT2D eigenvalue weighted by Gasteiger charge is -2.18. The number of likely N-dealkylation sites (N-methyl/N-ethyl adjacent to an activating group) is 1. The average Bonchev–Trinajstić information content (AvgIpc) is 2.88. The third-order valence-corrected chi connectivity index (χ3v) is 2.85. The van der Waals surface area contributed by atoms with Crippen molar-refractivity contribution in [1.29, 1.82) is 0 Å². The maximum Gasteiger partial charge on any atom is 0.257 e. The summed E-state index contributed by atoms with van der Waals surface area (Å²) < 4.78 is 22.9. The zero-order valence-electron chi connectivity index (χ0n) is 12.0. The molecule has 6 nitrogen and oxygen atoms in total. The summed E-state index contributed by atoms with van der Waals surface area (Å²) >= 11 is 0. The van der Waals surface area contributed by atoms with E-state index in [0.717, 1.165) is 0 Å². The fraction of sp³-hybridized carbons (Fsp3) is 0.429. The number of methoxy groups -OCH3 is 1. The molecule has 1 aromatic carbocycles. The highest BCUT2D eigenvalue weighted by atomic mass is 19.1. The molecule has 1 heterocycles. The van der Waals surface area contributed by atoms with Gasteiger partial charge in [-0.05, 0) is 31.3 Å². The predicted octanol–water partition coefficient (Wildman–Crippen LogP) is 1.31. The first-order chi connectivity index (χ1) is 10.1. The summed E-state index contributed by atoms with van der Waals surface area (Å²) in [4.78, 5) is 6.11. The average molecular weight is 295 g/mol. The molecule has 2 aromatic rings. The van der Waals surface area contributed by atoms with Crippen LogP contribution in [0.1, 0.15) is 5.82 Å². The van der Waals surface area contributed by atoms with Crippen molar-refractivity contribution < 1.29 is 18.8 Å². The van der Waals surface area contributed by atoms with E-state index in [-0.39, 0.29) is 12.4 Å². The highest BCUT2D eigenvalue weighted by Crippen LogP contribution is 2.17. The van der Waals surface area contributed by atoms with Crippen LogP contribution in [0.25, 0.3) is 11.5 Å². The number of hydrogen-bond acceptors (Lipinski definition) is 6. The minimum Gasteiger partial charge on any atom is -0.389 e. The van der Waals surface area contributed by atoms with Gasteiger partial charge in [-0.15, -0.1) is 0 Å². The largest absolute Gasteiger partial charge is 0.389 e. The first-order valence-corrected chi connectivity index (χ1v) is 6.52. The highest BCUT2D eigenvalue weighted by Gasteiger charge is 2.13. The van der Waals surface area contributed by atoms with Gasteiger partial charge in [-0.25, -0.2) is 4.39 Å². The van der Waals surface area contributed by atoms with E-state index < -0.39 is 6.10 Å². The number of halogens is 1. The molecule has 0 saturated carbocycles. The molecule has 0 aliphatic carbocycles. The van der Waals surface area contributed by atoms with Crippen LogP contribution < -0.4 is 0 Å². The van der Waals surface area contributed by atoms with Crippen LogP contribution in [0.5, 0.6) is 0 Å². The van der Waals surface area contributed by atoms with Gasteiger partial charge in [-0.3, -0.25) is 4.90 Å². The third kappa shape index (κ3) is 4.59. The molecule has 1 N–H and O–H groups in total. The summed E-state index contributed by atoms with van der Waals surface area (Å²) in [6.45, 7) is 1.15. The molecule has 7 heteroatoms. The molecule has 21 heavy (non-hydrogen) atoms. The van der Waals surface area contributed by atoms with Crippen molar-refractivity contribution in [3.8, 4) is 11.5 Å². The van der Waals surface area contributed by atoms with Gasteiger partial charge in [0.2, 0.25) is 0 Å². The first kappa shape index (κ1) is 15.6. The van der Waals surface area contributed by atoms with E-state index in [9.17, 15) is 9.50 Å². The maximum atomic E-state index is 12.9. The number of aliphatic hydroxyl groups is 1. The van der Waals surface area contributed by atoms with E-state index in [1.54, 1.807) is 12.1 Å². The SMILES string of the molecule is COCC(O)CN(C)Cc1noc(-c2ccc(F)cc2)n1. The Labute approximate surface area is 122 Å². The fourth-order valence-corrected chi connectivity index (χ4v) is 1.94. The number of benzene rings is 1. The molecule has 1 aromatic heterocycles. The van der Waals surface area contributed by atoms with Crippen molar-refractivity contribution in [2.45, 2.75) is 12.6 Å². The minimum atomic E-state index is -0.566. The van der Waals surface area contributed by atoms with E-state index in [1.165, 1.54) is 19.2 Å². The van der Waals surface area contributed by atoms with E-state index >= 15 is 0 Å². The van der Waals surface area contributed by atoms with Crippen LogP contribution in [0.4, 0.5) is 4.39 Å². The molecule has 0 radical (unpaired) electrons. The zero-order chi connectivity index (χ0) is 15.2. The Hall–Kier alpha value is -1.83. The van der Waals surface area contributed by atoms with Gasteiger partial charge in [0, 0.05) is 19.2 Å². The summed E-state index contributed by atoms with van der Waals surface area (Å²) in [6.07, 6.45) is -0.566. The quantitative estimate of drug-likeness (QED) is 0.830. The van der Waals surface area contributed by atoms with E-state index in [4.69, 9.17) is 9.26 Å². The van der Waals surface area contributed by atoms with Gasteiger partial charge in [0.25, 0.3) is 5.89 Å². The lowest BCUT2D eigenvalue weighted by molar-refractivity contribution is 0.0413. The summed E-state index contributed by atoms with van der Waals surface area (Å²) in [6, 6.07) is 5.84. The Morgan fingerprint density at radius 3 is 2.76 bits per heavy atom. The summed E-state index contributed by atoms with van der Waals surface area (Å²) in [5, 5.41) is 13.5. The minimum absolute atomic E-state index is 0.275. The Morgan fingerprint density at radius 2 is 2.10 bits per heavy atom. The van der Waals surface area contributed by atoms with Crippen LogP contribution in [-0.2, 0) is 11.3 Å².